The van der Waals surface area contributed by atoms with E-state index in [4.69, 9.17) is 9.73 Å². The third-order valence-electron chi connectivity index (χ3n) is 7.32. The highest BCUT2D eigenvalue weighted by Gasteiger charge is 2.49. The van der Waals surface area contributed by atoms with Crippen LogP contribution in [0.4, 0.5) is 8.78 Å². The summed E-state index contributed by atoms with van der Waals surface area (Å²) in [7, 11) is 0. The van der Waals surface area contributed by atoms with Gasteiger partial charge >= 0.3 is 5.97 Å². The van der Waals surface area contributed by atoms with E-state index in [0.29, 0.717) is 42.8 Å². The van der Waals surface area contributed by atoms with Crippen LogP contribution >= 0.6 is 0 Å². The number of amides is 1. The number of Topliss-reactive ketones (excluding diaryl/α,β-unsaturated/α-hetero) is 1. The zero-order valence-corrected chi connectivity index (χ0v) is 21.8. The number of carbonyl (C=O) groups excluding carboxylic acids is 3. The molecule has 0 N–H and O–H groups in total. The first-order valence-electron chi connectivity index (χ1n) is 13.1. The predicted octanol–water partition coefficient (Wildman–Crippen LogP) is 4.09. The maximum Gasteiger partial charge on any atom is 0.313 e. The summed E-state index contributed by atoms with van der Waals surface area (Å²) in [6.07, 6.45) is 1.92. The molecule has 0 unspecified atom stereocenters. The fourth-order valence-electron chi connectivity index (χ4n) is 5.31. The molecule has 0 spiro atoms. The summed E-state index contributed by atoms with van der Waals surface area (Å²) in [6.45, 7) is 6.44. The lowest BCUT2D eigenvalue weighted by molar-refractivity contribution is -0.146. The van der Waals surface area contributed by atoms with Crippen molar-refractivity contribution in [2.45, 2.75) is 45.1 Å². The lowest BCUT2D eigenvalue weighted by Crippen LogP contribution is -2.43. The van der Waals surface area contributed by atoms with Crippen molar-refractivity contribution in [3.63, 3.8) is 0 Å². The first-order valence-corrected chi connectivity index (χ1v) is 13.1. The average molecular weight is 526 g/mol. The summed E-state index contributed by atoms with van der Waals surface area (Å²) >= 11 is 0. The number of rotatable bonds is 10. The van der Waals surface area contributed by atoms with Crippen LogP contribution in [-0.4, -0.2) is 66.1 Å². The van der Waals surface area contributed by atoms with Crippen LogP contribution in [0.15, 0.2) is 53.5 Å². The van der Waals surface area contributed by atoms with Crippen molar-refractivity contribution in [2.24, 2.45) is 10.9 Å². The Kier molecular flexibility index (Phi) is 8.66. The molecule has 1 saturated heterocycles. The number of esters is 1. The van der Waals surface area contributed by atoms with E-state index in [1.807, 2.05) is 0 Å². The van der Waals surface area contributed by atoms with Crippen LogP contribution in [0, 0.1) is 17.6 Å². The Hall–Kier alpha value is -3.46. The Labute approximate surface area is 221 Å². The standard InChI is InChI=1S/C29H33F2N3O4/c1-3-38-27(36)19-26(35)21-13-17-33(18-14-21)15-4-16-34-20(2)32-29(28(34)37,22-5-9-24(30)10-6-22)23-7-11-25(31)12-8-23/h5-12,21H,3-4,13-19H2,1-2H3. The molecule has 0 aliphatic carbocycles. The SMILES string of the molecule is CCOC(=O)CC(=O)C1CCN(CCCN2C(=O)C(c3ccc(F)cc3)(c3ccc(F)cc3)N=C2C)CC1. The van der Waals surface area contributed by atoms with E-state index in [1.54, 1.807) is 43.0 Å². The van der Waals surface area contributed by atoms with Crippen molar-refractivity contribution in [1.82, 2.24) is 9.80 Å². The molecule has 0 atom stereocenters. The lowest BCUT2D eigenvalue weighted by atomic mass is 9.82. The van der Waals surface area contributed by atoms with E-state index in [9.17, 15) is 23.2 Å². The van der Waals surface area contributed by atoms with Crippen LogP contribution in [0.25, 0.3) is 0 Å². The van der Waals surface area contributed by atoms with Crippen LogP contribution in [0.2, 0.25) is 0 Å². The van der Waals surface area contributed by atoms with Gasteiger partial charge in [0.15, 0.2) is 5.54 Å². The molecule has 1 amide bonds. The predicted molar refractivity (Wildman–Crippen MR) is 138 cm³/mol. The van der Waals surface area contributed by atoms with Gasteiger partial charge in [-0.2, -0.15) is 0 Å². The minimum absolute atomic E-state index is 0.0597. The van der Waals surface area contributed by atoms with E-state index < -0.39 is 23.1 Å². The molecular weight excluding hydrogens is 492 g/mol. The molecule has 0 saturated carbocycles. The van der Waals surface area contributed by atoms with Gasteiger partial charge in [-0.05, 0) is 88.1 Å². The van der Waals surface area contributed by atoms with Gasteiger partial charge in [0.1, 0.15) is 29.7 Å². The maximum atomic E-state index is 13.9. The molecule has 0 aromatic heterocycles. The van der Waals surface area contributed by atoms with Crippen LogP contribution in [0.3, 0.4) is 0 Å². The van der Waals surface area contributed by atoms with E-state index in [2.05, 4.69) is 4.90 Å². The van der Waals surface area contributed by atoms with Crippen molar-refractivity contribution in [3.05, 3.63) is 71.3 Å². The summed E-state index contributed by atoms with van der Waals surface area (Å²) in [6, 6.07) is 11.4. The van der Waals surface area contributed by atoms with Gasteiger partial charge in [0.2, 0.25) is 0 Å². The smallest absolute Gasteiger partial charge is 0.313 e. The van der Waals surface area contributed by atoms with Crippen molar-refractivity contribution < 1.29 is 27.9 Å². The summed E-state index contributed by atoms with van der Waals surface area (Å²) in [5.74, 6) is -1.20. The Bertz CT molecular complexity index is 1140. The summed E-state index contributed by atoms with van der Waals surface area (Å²) < 4.78 is 32.2. The van der Waals surface area contributed by atoms with Crippen LogP contribution in [-0.2, 0) is 24.7 Å². The monoisotopic (exact) mass is 525 g/mol. The molecule has 202 valence electrons. The number of ether oxygens (including phenoxy) is 1. The van der Waals surface area contributed by atoms with Gasteiger partial charge in [-0.1, -0.05) is 24.3 Å². The van der Waals surface area contributed by atoms with Gasteiger partial charge in [-0.15, -0.1) is 0 Å². The highest BCUT2D eigenvalue weighted by Crippen LogP contribution is 2.40. The summed E-state index contributed by atoms with van der Waals surface area (Å²) in [4.78, 5) is 46.5. The third kappa shape index (κ3) is 5.83. The topological polar surface area (TPSA) is 79.3 Å². The van der Waals surface area contributed by atoms with Crippen molar-refractivity contribution >= 4 is 23.5 Å². The van der Waals surface area contributed by atoms with Crippen molar-refractivity contribution in [3.8, 4) is 0 Å². The van der Waals surface area contributed by atoms with E-state index in [1.165, 1.54) is 24.3 Å². The van der Waals surface area contributed by atoms with Crippen LogP contribution < -0.4 is 0 Å². The molecule has 2 aliphatic heterocycles. The first kappa shape index (κ1) is 27.6. The van der Waals surface area contributed by atoms with Gasteiger partial charge < -0.3 is 9.64 Å². The quantitative estimate of drug-likeness (QED) is 0.345. The van der Waals surface area contributed by atoms with Crippen molar-refractivity contribution in [1.29, 1.82) is 0 Å². The molecule has 9 heteroatoms. The number of likely N-dealkylation sites (tertiary alicyclic amines) is 1. The van der Waals surface area contributed by atoms with Gasteiger partial charge in [-0.25, -0.2) is 13.8 Å². The Morgan fingerprint density at radius 2 is 1.53 bits per heavy atom. The number of hydrogen-bond donors (Lipinski definition) is 0. The zero-order chi connectivity index (χ0) is 27.3. The van der Waals surface area contributed by atoms with Crippen LogP contribution in [0.1, 0.15) is 50.7 Å². The second-order valence-electron chi connectivity index (χ2n) is 9.76. The number of ketones is 1. The lowest BCUT2D eigenvalue weighted by Gasteiger charge is -2.32. The normalized spacial score (nSPS) is 17.9. The number of hydrogen-bond acceptors (Lipinski definition) is 6. The molecule has 38 heavy (non-hydrogen) atoms. The molecule has 0 bridgehead atoms. The summed E-state index contributed by atoms with van der Waals surface area (Å²) in [5, 5.41) is 0. The van der Waals surface area contributed by atoms with Crippen LogP contribution in [0.5, 0.6) is 0 Å². The Morgan fingerprint density at radius 1 is 0.974 bits per heavy atom. The largest absolute Gasteiger partial charge is 0.466 e. The molecule has 2 heterocycles. The zero-order valence-electron chi connectivity index (χ0n) is 21.8. The fraction of sp³-hybridized carbons (Fsp3) is 0.448. The summed E-state index contributed by atoms with van der Waals surface area (Å²) in [5.41, 5.74) is -0.359. The molecule has 0 radical (unpaired) electrons. The minimum atomic E-state index is -1.40. The highest BCUT2D eigenvalue weighted by atomic mass is 19.1. The van der Waals surface area contributed by atoms with E-state index >= 15 is 0 Å². The van der Waals surface area contributed by atoms with Gasteiger partial charge in [0.25, 0.3) is 5.91 Å². The Balaban J connectivity index is 1.38. The number of carbonyl (C=O) groups is 3. The molecule has 2 aromatic carbocycles. The maximum absolute atomic E-state index is 13.9. The number of amidine groups is 1. The number of nitrogens with zero attached hydrogens (tertiary/aromatic N) is 3. The molecule has 2 aromatic rings. The minimum Gasteiger partial charge on any atom is -0.466 e. The molecular formula is C29H33F2N3O4. The average Bonchev–Trinajstić information content (AvgIpc) is 3.15. The molecule has 4 rings (SSSR count). The number of benzene rings is 2. The molecule has 2 aliphatic rings. The third-order valence-corrected chi connectivity index (χ3v) is 7.32. The highest BCUT2D eigenvalue weighted by molar-refractivity contribution is 6.09. The first-order chi connectivity index (χ1) is 18.2. The Morgan fingerprint density at radius 3 is 2.05 bits per heavy atom. The van der Waals surface area contributed by atoms with E-state index in [-0.39, 0.29) is 30.6 Å². The number of aliphatic imine (C=N–C) groups is 1. The van der Waals surface area contributed by atoms with E-state index in [0.717, 1.165) is 19.6 Å². The van der Waals surface area contributed by atoms with Gasteiger partial charge in [-0.3, -0.25) is 19.3 Å². The number of piperidine rings is 1. The molecule has 7 nitrogen and oxygen atoms in total. The van der Waals surface area contributed by atoms with Gasteiger partial charge in [0.05, 0.1) is 6.61 Å². The van der Waals surface area contributed by atoms with Gasteiger partial charge in [0, 0.05) is 12.5 Å². The number of halogens is 2. The second kappa shape index (κ2) is 11.9. The fourth-order valence-corrected chi connectivity index (χ4v) is 5.31. The van der Waals surface area contributed by atoms with Crippen molar-refractivity contribution in [2.75, 3.05) is 32.8 Å². The molecule has 1 fully saturated rings. The second-order valence-corrected chi connectivity index (χ2v) is 9.76.